The fraction of sp³-hybridized carbons (Fsp3) is 0.846. The topological polar surface area (TPSA) is 67.9 Å². The number of hydrogen-bond acceptors (Lipinski definition) is 4. The van der Waals surface area contributed by atoms with E-state index in [1.165, 1.54) is 0 Å². The van der Waals surface area contributed by atoms with Crippen LogP contribution in [0.15, 0.2) is 0 Å². The Balaban J connectivity index is 1.69. The molecule has 6 heteroatoms. The van der Waals surface area contributed by atoms with Gasteiger partial charge in [0.25, 0.3) is 0 Å². The number of rotatable bonds is 3. The summed E-state index contributed by atoms with van der Waals surface area (Å²) in [7, 11) is 0. The van der Waals surface area contributed by atoms with Crippen molar-refractivity contribution in [3.63, 3.8) is 0 Å². The van der Waals surface area contributed by atoms with Gasteiger partial charge in [-0.2, -0.15) is 0 Å². The molecular weight excluding hydrogens is 248 g/mol. The molecule has 2 heterocycles. The summed E-state index contributed by atoms with van der Waals surface area (Å²) in [5, 5.41) is 2.87. The van der Waals surface area contributed by atoms with Gasteiger partial charge in [-0.25, -0.2) is 0 Å². The molecule has 2 saturated heterocycles. The van der Waals surface area contributed by atoms with Gasteiger partial charge in [0.2, 0.25) is 11.8 Å². The number of amides is 2. The van der Waals surface area contributed by atoms with E-state index in [4.69, 9.17) is 9.47 Å². The normalized spacial score (nSPS) is 36.3. The zero-order valence-electron chi connectivity index (χ0n) is 11.2. The average Bonchev–Trinajstić information content (AvgIpc) is 3.21. The summed E-state index contributed by atoms with van der Waals surface area (Å²) in [6.45, 7) is 4.06. The molecule has 2 amide bonds. The number of nitrogens with one attached hydrogen (secondary N) is 1. The molecular formula is C13H20N2O4. The first-order valence-corrected chi connectivity index (χ1v) is 6.89. The molecule has 3 rings (SSSR count). The highest BCUT2D eigenvalue weighted by Crippen LogP contribution is 2.41. The summed E-state index contributed by atoms with van der Waals surface area (Å²) in [4.78, 5) is 26.0. The number of ether oxygens (including phenoxy) is 2. The van der Waals surface area contributed by atoms with Crippen molar-refractivity contribution in [2.24, 2.45) is 5.92 Å². The fourth-order valence-electron chi connectivity index (χ4n) is 2.93. The number of piperazine rings is 1. The Morgan fingerprint density at radius 2 is 2.16 bits per heavy atom. The zero-order valence-corrected chi connectivity index (χ0v) is 11.2. The zero-order chi connectivity index (χ0) is 13.5. The van der Waals surface area contributed by atoms with E-state index < -0.39 is 5.54 Å². The highest BCUT2D eigenvalue weighted by Gasteiger charge is 2.52. The highest BCUT2D eigenvalue weighted by molar-refractivity contribution is 5.98. The van der Waals surface area contributed by atoms with Crippen LogP contribution in [0.5, 0.6) is 0 Å². The van der Waals surface area contributed by atoms with E-state index in [9.17, 15) is 9.59 Å². The van der Waals surface area contributed by atoms with Gasteiger partial charge < -0.3 is 19.7 Å². The molecule has 0 aromatic rings. The maximum atomic E-state index is 12.6. The maximum Gasteiger partial charge on any atom is 0.248 e. The van der Waals surface area contributed by atoms with Crippen molar-refractivity contribution < 1.29 is 19.1 Å². The minimum absolute atomic E-state index is 0.0174. The summed E-state index contributed by atoms with van der Waals surface area (Å²) < 4.78 is 10.9. The van der Waals surface area contributed by atoms with Gasteiger partial charge in [0.15, 0.2) is 0 Å². The minimum atomic E-state index is -0.717. The Kier molecular flexibility index (Phi) is 3.22. The van der Waals surface area contributed by atoms with Crippen molar-refractivity contribution in [1.82, 2.24) is 10.2 Å². The standard InChI is InChI=1S/C13H20N2O4/c1-13(9-2-3-9)12(17)15(7-11(16)14-13)6-10-8-18-4-5-19-10/h9-10H,2-8H2,1H3,(H,14,16). The van der Waals surface area contributed by atoms with Crippen LogP contribution in [0.1, 0.15) is 19.8 Å². The SMILES string of the molecule is CC1(C2CC2)NC(=O)CN(CC2COCCO2)C1=O. The number of hydrogen-bond donors (Lipinski definition) is 1. The summed E-state index contributed by atoms with van der Waals surface area (Å²) in [5.41, 5.74) is -0.717. The summed E-state index contributed by atoms with van der Waals surface area (Å²) in [6, 6.07) is 0. The molecule has 2 atom stereocenters. The Morgan fingerprint density at radius 1 is 1.37 bits per heavy atom. The van der Waals surface area contributed by atoms with Crippen LogP contribution < -0.4 is 5.32 Å². The van der Waals surface area contributed by atoms with Gasteiger partial charge in [-0.3, -0.25) is 9.59 Å². The molecule has 1 saturated carbocycles. The molecule has 3 aliphatic rings. The summed E-state index contributed by atoms with van der Waals surface area (Å²) >= 11 is 0. The van der Waals surface area contributed by atoms with Crippen LogP contribution in [0.4, 0.5) is 0 Å². The van der Waals surface area contributed by atoms with E-state index in [2.05, 4.69) is 5.32 Å². The lowest BCUT2D eigenvalue weighted by molar-refractivity contribution is -0.155. The molecule has 0 bridgehead atoms. The van der Waals surface area contributed by atoms with E-state index >= 15 is 0 Å². The van der Waals surface area contributed by atoms with Crippen LogP contribution in [-0.2, 0) is 19.1 Å². The second-order valence-electron chi connectivity index (χ2n) is 5.78. The molecule has 2 unspecified atom stereocenters. The predicted octanol–water partition coefficient (Wildman–Crippen LogP) is -0.471. The fourth-order valence-corrected chi connectivity index (χ4v) is 2.93. The van der Waals surface area contributed by atoms with Crippen LogP contribution >= 0.6 is 0 Å². The molecule has 3 fully saturated rings. The second-order valence-corrected chi connectivity index (χ2v) is 5.78. The Bertz CT molecular complexity index is 390. The summed E-state index contributed by atoms with van der Waals surface area (Å²) in [6.07, 6.45) is 1.91. The van der Waals surface area contributed by atoms with Gasteiger partial charge in [0.1, 0.15) is 5.54 Å². The first-order valence-electron chi connectivity index (χ1n) is 6.89. The molecule has 0 aromatic carbocycles. The Hall–Kier alpha value is -1.14. The molecule has 0 aromatic heterocycles. The average molecular weight is 268 g/mol. The first kappa shape index (κ1) is 12.9. The molecule has 2 aliphatic heterocycles. The van der Waals surface area contributed by atoms with Gasteiger partial charge in [-0.15, -0.1) is 0 Å². The molecule has 0 radical (unpaired) electrons. The van der Waals surface area contributed by atoms with Gasteiger partial charge >= 0.3 is 0 Å². The third-order valence-corrected chi connectivity index (χ3v) is 4.17. The first-order chi connectivity index (χ1) is 9.09. The van der Waals surface area contributed by atoms with Gasteiger partial charge in [0.05, 0.1) is 32.5 Å². The maximum absolute atomic E-state index is 12.6. The van der Waals surface area contributed by atoms with Crippen molar-refractivity contribution >= 4 is 11.8 Å². The molecule has 0 spiro atoms. The quantitative estimate of drug-likeness (QED) is 0.751. The molecule has 1 N–H and O–H groups in total. The van der Waals surface area contributed by atoms with Crippen molar-refractivity contribution in [2.75, 3.05) is 32.9 Å². The minimum Gasteiger partial charge on any atom is -0.376 e. The third kappa shape index (κ3) is 2.47. The molecule has 19 heavy (non-hydrogen) atoms. The Labute approximate surface area is 112 Å². The van der Waals surface area contributed by atoms with E-state index in [1.807, 2.05) is 6.92 Å². The van der Waals surface area contributed by atoms with Crippen molar-refractivity contribution in [3.05, 3.63) is 0 Å². The number of nitrogens with zero attached hydrogens (tertiary/aromatic N) is 1. The largest absolute Gasteiger partial charge is 0.376 e. The van der Waals surface area contributed by atoms with Crippen LogP contribution in [0.2, 0.25) is 0 Å². The lowest BCUT2D eigenvalue weighted by Gasteiger charge is -2.41. The van der Waals surface area contributed by atoms with E-state index in [0.717, 1.165) is 12.8 Å². The molecule has 6 nitrogen and oxygen atoms in total. The number of carbonyl (C=O) groups is 2. The van der Waals surface area contributed by atoms with Crippen LogP contribution in [-0.4, -0.2) is 61.3 Å². The van der Waals surface area contributed by atoms with E-state index in [1.54, 1.807) is 4.90 Å². The van der Waals surface area contributed by atoms with Gasteiger partial charge in [-0.1, -0.05) is 0 Å². The third-order valence-electron chi connectivity index (χ3n) is 4.17. The van der Waals surface area contributed by atoms with Crippen LogP contribution in [0.3, 0.4) is 0 Å². The van der Waals surface area contributed by atoms with Crippen molar-refractivity contribution in [3.8, 4) is 0 Å². The lowest BCUT2D eigenvalue weighted by Crippen LogP contribution is -2.67. The molecule has 1 aliphatic carbocycles. The lowest BCUT2D eigenvalue weighted by atomic mass is 9.91. The predicted molar refractivity (Wildman–Crippen MR) is 66.4 cm³/mol. The van der Waals surface area contributed by atoms with Crippen LogP contribution in [0, 0.1) is 5.92 Å². The monoisotopic (exact) mass is 268 g/mol. The van der Waals surface area contributed by atoms with E-state index in [0.29, 0.717) is 26.4 Å². The smallest absolute Gasteiger partial charge is 0.248 e. The van der Waals surface area contributed by atoms with Crippen molar-refractivity contribution in [1.29, 1.82) is 0 Å². The summed E-state index contributed by atoms with van der Waals surface area (Å²) in [5.74, 6) is 0.227. The van der Waals surface area contributed by atoms with Gasteiger partial charge in [0, 0.05) is 6.54 Å². The molecule has 106 valence electrons. The number of carbonyl (C=O) groups excluding carboxylic acids is 2. The van der Waals surface area contributed by atoms with Gasteiger partial charge in [-0.05, 0) is 25.7 Å². The van der Waals surface area contributed by atoms with Crippen molar-refractivity contribution in [2.45, 2.75) is 31.4 Å². The van der Waals surface area contributed by atoms with E-state index in [-0.39, 0.29) is 30.4 Å². The second kappa shape index (κ2) is 4.76. The van der Waals surface area contributed by atoms with Crippen LogP contribution in [0.25, 0.3) is 0 Å². The Morgan fingerprint density at radius 3 is 2.79 bits per heavy atom. The highest BCUT2D eigenvalue weighted by atomic mass is 16.6.